The van der Waals surface area contributed by atoms with Gasteiger partial charge in [-0.15, -0.1) is 0 Å². The van der Waals surface area contributed by atoms with Gasteiger partial charge in [0.25, 0.3) is 17.6 Å². The lowest BCUT2D eigenvalue weighted by atomic mass is 10.1. The standard InChI is InChI=1S/C22H22F2N2O5S/c23-21(24)9-10-25(15-21)32(28,29)17-7-8-19-18(13-17)22(30-11-4-12-31-22)20(27)26(19)14-16-5-2-1-3-6-16/h1-3,5-8,13H,4,9-12,14-15H2. The second kappa shape index (κ2) is 7.58. The Morgan fingerprint density at radius 2 is 1.75 bits per heavy atom. The fourth-order valence-corrected chi connectivity index (χ4v) is 5.87. The van der Waals surface area contributed by atoms with Crippen LogP contribution in [0.4, 0.5) is 14.5 Å². The number of ether oxygens (including phenoxy) is 2. The minimum Gasteiger partial charge on any atom is -0.338 e. The van der Waals surface area contributed by atoms with Crippen molar-refractivity contribution in [2.75, 3.05) is 31.2 Å². The molecule has 3 aliphatic heterocycles. The first-order valence-corrected chi connectivity index (χ1v) is 11.8. The molecule has 0 aromatic heterocycles. The van der Waals surface area contributed by atoms with Crippen LogP contribution in [-0.2, 0) is 36.6 Å². The van der Waals surface area contributed by atoms with Crippen LogP contribution >= 0.6 is 0 Å². The number of carbonyl (C=O) groups excluding carboxylic acids is 1. The fraction of sp³-hybridized carbons (Fsp3) is 0.409. The van der Waals surface area contributed by atoms with Gasteiger partial charge < -0.3 is 14.4 Å². The molecule has 2 saturated heterocycles. The summed E-state index contributed by atoms with van der Waals surface area (Å²) in [6, 6.07) is 13.6. The number of sulfonamides is 1. The summed E-state index contributed by atoms with van der Waals surface area (Å²) in [6.45, 7) is -0.307. The van der Waals surface area contributed by atoms with Crippen LogP contribution in [0.3, 0.4) is 0 Å². The minimum atomic E-state index is -4.17. The summed E-state index contributed by atoms with van der Waals surface area (Å²) in [5.41, 5.74) is 1.65. The summed E-state index contributed by atoms with van der Waals surface area (Å²) in [7, 11) is -4.17. The highest BCUT2D eigenvalue weighted by Crippen LogP contribution is 2.47. The van der Waals surface area contributed by atoms with Gasteiger partial charge in [-0.3, -0.25) is 4.79 Å². The Morgan fingerprint density at radius 1 is 1.03 bits per heavy atom. The summed E-state index contributed by atoms with van der Waals surface area (Å²) >= 11 is 0. The van der Waals surface area contributed by atoms with Crippen molar-refractivity contribution >= 4 is 21.6 Å². The van der Waals surface area contributed by atoms with Crippen LogP contribution in [0.5, 0.6) is 0 Å². The van der Waals surface area contributed by atoms with Gasteiger partial charge in [0, 0.05) is 18.5 Å². The van der Waals surface area contributed by atoms with E-state index in [-0.39, 0.29) is 36.8 Å². The molecule has 2 aromatic carbocycles. The van der Waals surface area contributed by atoms with Gasteiger partial charge in [0.05, 0.1) is 36.9 Å². The number of anilines is 1. The van der Waals surface area contributed by atoms with Crippen molar-refractivity contribution in [1.82, 2.24) is 4.31 Å². The van der Waals surface area contributed by atoms with Crippen LogP contribution < -0.4 is 4.90 Å². The monoisotopic (exact) mass is 464 g/mol. The van der Waals surface area contributed by atoms with Gasteiger partial charge in [0.2, 0.25) is 10.0 Å². The molecule has 7 nitrogen and oxygen atoms in total. The quantitative estimate of drug-likeness (QED) is 0.696. The number of alkyl halides is 2. The highest BCUT2D eigenvalue weighted by molar-refractivity contribution is 7.89. The second-order valence-electron chi connectivity index (χ2n) is 8.17. The second-order valence-corrected chi connectivity index (χ2v) is 10.1. The fourth-order valence-electron chi connectivity index (χ4n) is 4.37. The Morgan fingerprint density at radius 3 is 2.41 bits per heavy atom. The molecule has 0 N–H and O–H groups in total. The summed E-state index contributed by atoms with van der Waals surface area (Å²) in [4.78, 5) is 14.8. The maximum absolute atomic E-state index is 13.7. The molecule has 5 rings (SSSR count). The van der Waals surface area contributed by atoms with Crippen molar-refractivity contribution in [2.45, 2.75) is 36.0 Å². The summed E-state index contributed by atoms with van der Waals surface area (Å²) in [6.07, 6.45) is 0.0839. The molecule has 2 aromatic rings. The zero-order chi connectivity index (χ0) is 22.6. The smallest absolute Gasteiger partial charge is 0.292 e. The first-order chi connectivity index (χ1) is 15.2. The molecule has 10 heteroatoms. The van der Waals surface area contributed by atoms with E-state index in [0.29, 0.717) is 12.1 Å². The highest BCUT2D eigenvalue weighted by atomic mass is 32.2. The van der Waals surface area contributed by atoms with Crippen molar-refractivity contribution in [1.29, 1.82) is 0 Å². The number of fused-ring (bicyclic) bond motifs is 2. The largest absolute Gasteiger partial charge is 0.338 e. The van der Waals surface area contributed by atoms with Crippen molar-refractivity contribution in [3.8, 4) is 0 Å². The van der Waals surface area contributed by atoms with Gasteiger partial charge in [-0.25, -0.2) is 17.2 Å². The zero-order valence-corrected chi connectivity index (χ0v) is 18.0. The summed E-state index contributed by atoms with van der Waals surface area (Å²) < 4.78 is 65.9. The molecule has 170 valence electrons. The van der Waals surface area contributed by atoms with Gasteiger partial charge in [-0.1, -0.05) is 30.3 Å². The molecule has 3 aliphatic rings. The zero-order valence-electron chi connectivity index (χ0n) is 17.2. The number of halogens is 2. The van der Waals surface area contributed by atoms with E-state index in [1.54, 1.807) is 0 Å². The molecular weight excluding hydrogens is 442 g/mol. The average molecular weight is 464 g/mol. The van der Waals surface area contributed by atoms with Crippen LogP contribution in [0.15, 0.2) is 53.4 Å². The summed E-state index contributed by atoms with van der Waals surface area (Å²) in [5.74, 6) is -5.22. The van der Waals surface area contributed by atoms with Crippen LogP contribution in [-0.4, -0.2) is 50.9 Å². The Bertz CT molecular complexity index is 1150. The predicted octanol–water partition coefficient (Wildman–Crippen LogP) is 2.85. The lowest BCUT2D eigenvalue weighted by Gasteiger charge is -2.32. The third-order valence-corrected chi connectivity index (χ3v) is 7.84. The Kier molecular flexibility index (Phi) is 5.08. The number of rotatable bonds is 4. The van der Waals surface area contributed by atoms with E-state index in [0.717, 1.165) is 9.87 Å². The Balaban J connectivity index is 1.57. The van der Waals surface area contributed by atoms with Crippen molar-refractivity contribution < 1.29 is 31.5 Å². The minimum absolute atomic E-state index is 0.166. The van der Waals surface area contributed by atoms with Gasteiger partial charge in [-0.2, -0.15) is 4.31 Å². The third-order valence-electron chi connectivity index (χ3n) is 6.00. The molecule has 2 fully saturated rings. The third kappa shape index (κ3) is 3.42. The molecular formula is C22H22F2N2O5S. The van der Waals surface area contributed by atoms with E-state index < -0.39 is 40.6 Å². The molecule has 1 amide bonds. The molecule has 0 bridgehead atoms. The number of amides is 1. The Labute approximate surface area is 184 Å². The van der Waals surface area contributed by atoms with Crippen molar-refractivity contribution in [2.24, 2.45) is 0 Å². The van der Waals surface area contributed by atoms with E-state index in [2.05, 4.69) is 0 Å². The molecule has 3 heterocycles. The lowest BCUT2D eigenvalue weighted by molar-refractivity contribution is -0.256. The maximum Gasteiger partial charge on any atom is 0.292 e. The lowest BCUT2D eigenvalue weighted by Crippen LogP contribution is -2.47. The molecule has 1 spiro atoms. The van der Waals surface area contributed by atoms with Crippen molar-refractivity contribution in [3.05, 3.63) is 59.7 Å². The molecule has 0 unspecified atom stereocenters. The molecule has 0 aliphatic carbocycles. The van der Waals surface area contributed by atoms with Crippen LogP contribution in [0.25, 0.3) is 0 Å². The molecule has 0 saturated carbocycles. The number of hydrogen-bond acceptors (Lipinski definition) is 5. The van der Waals surface area contributed by atoms with Crippen LogP contribution in [0.1, 0.15) is 24.0 Å². The van der Waals surface area contributed by atoms with E-state index in [1.165, 1.54) is 23.1 Å². The number of nitrogens with zero attached hydrogens (tertiary/aromatic N) is 2. The van der Waals surface area contributed by atoms with Crippen LogP contribution in [0, 0.1) is 0 Å². The number of carbonyl (C=O) groups is 1. The van der Waals surface area contributed by atoms with E-state index in [9.17, 15) is 22.0 Å². The first kappa shape index (κ1) is 21.4. The molecule has 0 atom stereocenters. The van der Waals surface area contributed by atoms with Crippen molar-refractivity contribution in [3.63, 3.8) is 0 Å². The molecule has 32 heavy (non-hydrogen) atoms. The van der Waals surface area contributed by atoms with Gasteiger partial charge in [0.1, 0.15) is 0 Å². The topological polar surface area (TPSA) is 76.2 Å². The van der Waals surface area contributed by atoms with Gasteiger partial charge in [-0.05, 0) is 30.2 Å². The van der Waals surface area contributed by atoms with Gasteiger partial charge in [0.15, 0.2) is 0 Å². The van der Waals surface area contributed by atoms with E-state index in [4.69, 9.17) is 9.47 Å². The Hall–Kier alpha value is -2.40. The maximum atomic E-state index is 13.7. The molecule has 0 radical (unpaired) electrons. The number of hydrogen-bond donors (Lipinski definition) is 0. The predicted molar refractivity (Wildman–Crippen MR) is 111 cm³/mol. The van der Waals surface area contributed by atoms with Gasteiger partial charge >= 0.3 is 0 Å². The normalized spacial score (nSPS) is 22.4. The SMILES string of the molecule is O=C1N(Cc2ccccc2)c2ccc(S(=O)(=O)N3CCC(F)(F)C3)cc2C12OCCCO2. The van der Waals surface area contributed by atoms with E-state index in [1.807, 2.05) is 30.3 Å². The van der Waals surface area contributed by atoms with Crippen LogP contribution in [0.2, 0.25) is 0 Å². The van der Waals surface area contributed by atoms with E-state index >= 15 is 0 Å². The summed E-state index contributed by atoms with van der Waals surface area (Å²) in [5, 5.41) is 0. The first-order valence-electron chi connectivity index (χ1n) is 10.4. The highest BCUT2D eigenvalue weighted by Gasteiger charge is 2.55. The number of benzene rings is 2. The average Bonchev–Trinajstić information content (AvgIpc) is 3.26.